The van der Waals surface area contributed by atoms with Crippen molar-refractivity contribution in [1.29, 1.82) is 0 Å². The Balaban J connectivity index is 2.23. The number of nitrogens with two attached hydrogens (primary N) is 1. The predicted molar refractivity (Wildman–Crippen MR) is 67.3 cm³/mol. The fraction of sp³-hybridized carbons (Fsp3) is 0. The van der Waals surface area contributed by atoms with Crippen molar-refractivity contribution in [3.05, 3.63) is 54.6 Å². The molecule has 0 spiro atoms. The summed E-state index contributed by atoms with van der Waals surface area (Å²) in [5.41, 5.74) is 6.13. The van der Waals surface area contributed by atoms with E-state index < -0.39 is 6.09 Å². The minimum absolute atomic E-state index is 0.282. The van der Waals surface area contributed by atoms with Gasteiger partial charge in [-0.3, -0.25) is 0 Å². The Hall–Kier alpha value is -2.69. The van der Waals surface area contributed by atoms with Gasteiger partial charge in [0.1, 0.15) is 5.69 Å². The first kappa shape index (κ1) is 11.8. The van der Waals surface area contributed by atoms with Crippen molar-refractivity contribution in [2.24, 2.45) is 16.0 Å². The molecule has 0 saturated carbocycles. The van der Waals surface area contributed by atoms with E-state index in [2.05, 4.69) is 10.2 Å². The van der Waals surface area contributed by atoms with Gasteiger partial charge >= 0.3 is 6.09 Å². The average Bonchev–Trinajstić information content (AvgIpc) is 2.38. The number of para-hydroxylation sites is 1. The topological polar surface area (TPSA) is 77.0 Å². The lowest BCUT2D eigenvalue weighted by Crippen LogP contribution is -2.16. The van der Waals surface area contributed by atoms with Crippen molar-refractivity contribution in [2.45, 2.75) is 0 Å². The van der Waals surface area contributed by atoms with Crippen LogP contribution in [0, 0.1) is 0 Å². The zero-order valence-electron chi connectivity index (χ0n) is 9.48. The third kappa shape index (κ3) is 3.15. The highest BCUT2D eigenvalue weighted by atomic mass is 16.5. The van der Waals surface area contributed by atoms with Crippen LogP contribution in [0.2, 0.25) is 0 Å². The molecule has 90 valence electrons. The zero-order chi connectivity index (χ0) is 12.8. The summed E-state index contributed by atoms with van der Waals surface area (Å²) in [4.78, 5) is 10.7. The number of ether oxygens (including phenoxy) is 1. The van der Waals surface area contributed by atoms with Crippen LogP contribution in [0.4, 0.5) is 16.2 Å². The van der Waals surface area contributed by atoms with E-state index in [9.17, 15) is 4.79 Å². The molecule has 0 heterocycles. The first-order chi connectivity index (χ1) is 8.75. The Bertz CT molecular complexity index is 567. The quantitative estimate of drug-likeness (QED) is 0.834. The highest BCUT2D eigenvalue weighted by molar-refractivity contribution is 5.70. The van der Waals surface area contributed by atoms with Crippen molar-refractivity contribution < 1.29 is 9.53 Å². The van der Waals surface area contributed by atoms with Gasteiger partial charge in [0.25, 0.3) is 0 Å². The number of hydrogen-bond donors (Lipinski definition) is 1. The Labute approximate surface area is 104 Å². The average molecular weight is 241 g/mol. The molecular formula is C13H11N3O2. The third-order valence-corrected chi connectivity index (χ3v) is 2.11. The number of rotatable bonds is 3. The number of hydrogen-bond acceptors (Lipinski definition) is 4. The molecule has 0 atom stereocenters. The van der Waals surface area contributed by atoms with Crippen LogP contribution in [0.1, 0.15) is 0 Å². The summed E-state index contributed by atoms with van der Waals surface area (Å²) >= 11 is 0. The van der Waals surface area contributed by atoms with Gasteiger partial charge in [0.2, 0.25) is 0 Å². The van der Waals surface area contributed by atoms with Crippen molar-refractivity contribution >= 4 is 17.5 Å². The van der Waals surface area contributed by atoms with E-state index in [1.54, 1.807) is 24.3 Å². The molecule has 0 unspecified atom stereocenters. The molecule has 0 aliphatic carbocycles. The molecule has 18 heavy (non-hydrogen) atoms. The highest BCUT2D eigenvalue weighted by Crippen LogP contribution is 2.28. The Kier molecular flexibility index (Phi) is 3.66. The van der Waals surface area contributed by atoms with Crippen LogP contribution in [0.15, 0.2) is 64.8 Å². The maximum absolute atomic E-state index is 10.7. The second kappa shape index (κ2) is 5.58. The molecule has 0 aromatic heterocycles. The number of primary amides is 1. The van der Waals surface area contributed by atoms with Gasteiger partial charge in [-0.25, -0.2) is 4.79 Å². The Morgan fingerprint density at radius 1 is 0.944 bits per heavy atom. The summed E-state index contributed by atoms with van der Waals surface area (Å²) in [5.74, 6) is 0.282. The summed E-state index contributed by atoms with van der Waals surface area (Å²) in [6.45, 7) is 0. The lowest BCUT2D eigenvalue weighted by atomic mass is 10.3. The van der Waals surface area contributed by atoms with E-state index in [0.717, 1.165) is 0 Å². The Morgan fingerprint density at radius 2 is 1.61 bits per heavy atom. The second-order valence-electron chi connectivity index (χ2n) is 3.42. The first-order valence-electron chi connectivity index (χ1n) is 5.29. The molecule has 5 heteroatoms. The molecule has 2 aromatic carbocycles. The molecule has 0 radical (unpaired) electrons. The fourth-order valence-corrected chi connectivity index (χ4v) is 1.34. The smallest absolute Gasteiger partial charge is 0.408 e. The highest BCUT2D eigenvalue weighted by Gasteiger charge is 2.04. The lowest BCUT2D eigenvalue weighted by Gasteiger charge is -2.02. The van der Waals surface area contributed by atoms with Crippen molar-refractivity contribution in [2.75, 3.05) is 0 Å². The number of azo groups is 1. The molecular weight excluding hydrogens is 230 g/mol. The molecule has 0 bridgehead atoms. The van der Waals surface area contributed by atoms with E-state index in [1.165, 1.54) is 0 Å². The van der Waals surface area contributed by atoms with E-state index in [1.807, 2.05) is 30.3 Å². The lowest BCUT2D eigenvalue weighted by molar-refractivity contribution is 0.211. The van der Waals surface area contributed by atoms with Crippen LogP contribution in [0.25, 0.3) is 0 Å². The number of carbonyl (C=O) groups is 1. The molecule has 0 saturated heterocycles. The van der Waals surface area contributed by atoms with Crippen LogP contribution >= 0.6 is 0 Å². The van der Waals surface area contributed by atoms with Gasteiger partial charge in [-0.15, -0.1) is 5.11 Å². The summed E-state index contributed by atoms with van der Waals surface area (Å²) in [5, 5.41) is 8.06. The van der Waals surface area contributed by atoms with Crippen LogP contribution in [0.3, 0.4) is 0 Å². The van der Waals surface area contributed by atoms with E-state index in [0.29, 0.717) is 11.4 Å². The largest absolute Gasteiger partial charge is 0.410 e. The van der Waals surface area contributed by atoms with Gasteiger partial charge < -0.3 is 10.5 Å². The monoisotopic (exact) mass is 241 g/mol. The van der Waals surface area contributed by atoms with Crippen LogP contribution in [0.5, 0.6) is 5.75 Å². The molecule has 2 N–H and O–H groups in total. The molecule has 2 rings (SSSR count). The van der Waals surface area contributed by atoms with Gasteiger partial charge in [-0.05, 0) is 24.3 Å². The van der Waals surface area contributed by atoms with Crippen LogP contribution < -0.4 is 10.5 Å². The molecule has 1 amide bonds. The minimum atomic E-state index is -0.877. The van der Waals surface area contributed by atoms with Crippen LogP contribution in [-0.2, 0) is 0 Å². The SMILES string of the molecule is NC(=O)Oc1ccccc1N=Nc1ccccc1. The summed E-state index contributed by atoms with van der Waals surface area (Å²) < 4.78 is 4.82. The molecule has 2 aromatic rings. The summed E-state index contributed by atoms with van der Waals surface area (Å²) in [6.07, 6.45) is -0.877. The Morgan fingerprint density at radius 3 is 2.33 bits per heavy atom. The number of carbonyl (C=O) groups excluding carboxylic acids is 1. The maximum Gasteiger partial charge on any atom is 0.410 e. The third-order valence-electron chi connectivity index (χ3n) is 2.11. The van der Waals surface area contributed by atoms with Crippen LogP contribution in [-0.4, -0.2) is 6.09 Å². The number of nitrogens with zero attached hydrogens (tertiary/aromatic N) is 2. The minimum Gasteiger partial charge on any atom is -0.408 e. The fourth-order valence-electron chi connectivity index (χ4n) is 1.34. The van der Waals surface area contributed by atoms with Gasteiger partial charge in [0, 0.05) is 0 Å². The summed E-state index contributed by atoms with van der Waals surface area (Å²) in [6, 6.07) is 16.0. The van der Waals surface area contributed by atoms with E-state index >= 15 is 0 Å². The van der Waals surface area contributed by atoms with Crippen molar-refractivity contribution in [3.8, 4) is 5.75 Å². The first-order valence-corrected chi connectivity index (χ1v) is 5.29. The normalized spacial score (nSPS) is 10.4. The standard InChI is InChI=1S/C13H11N3O2/c14-13(17)18-12-9-5-4-8-11(12)16-15-10-6-2-1-3-7-10/h1-9H,(H2,14,17). The maximum atomic E-state index is 10.7. The second-order valence-corrected chi connectivity index (χ2v) is 3.42. The molecule has 0 aliphatic rings. The number of benzene rings is 2. The number of amides is 1. The van der Waals surface area contributed by atoms with Gasteiger partial charge in [0.05, 0.1) is 5.69 Å². The predicted octanol–water partition coefficient (Wildman–Crippen LogP) is 3.56. The van der Waals surface area contributed by atoms with Gasteiger partial charge in [-0.1, -0.05) is 30.3 Å². The molecule has 0 fully saturated rings. The van der Waals surface area contributed by atoms with Gasteiger partial charge in [0.15, 0.2) is 5.75 Å². The van der Waals surface area contributed by atoms with Gasteiger partial charge in [-0.2, -0.15) is 5.11 Å². The zero-order valence-corrected chi connectivity index (χ0v) is 9.48. The molecule has 5 nitrogen and oxygen atoms in total. The van der Waals surface area contributed by atoms with Crippen molar-refractivity contribution in [3.63, 3.8) is 0 Å². The van der Waals surface area contributed by atoms with Crippen molar-refractivity contribution in [1.82, 2.24) is 0 Å². The van der Waals surface area contributed by atoms with E-state index in [4.69, 9.17) is 10.5 Å². The molecule has 0 aliphatic heterocycles. The van der Waals surface area contributed by atoms with E-state index in [-0.39, 0.29) is 5.75 Å². The summed E-state index contributed by atoms with van der Waals surface area (Å²) in [7, 11) is 0.